The molecule has 0 aromatic heterocycles. The quantitative estimate of drug-likeness (QED) is 0.683. The van der Waals surface area contributed by atoms with Crippen molar-refractivity contribution in [3.63, 3.8) is 0 Å². The maximum atomic E-state index is 9.81. The van der Waals surface area contributed by atoms with Crippen LogP contribution in [0, 0.1) is 5.92 Å². The first kappa shape index (κ1) is 8.52. The van der Waals surface area contributed by atoms with E-state index in [0.29, 0.717) is 5.92 Å². The Labute approximate surface area is 73.9 Å². The van der Waals surface area contributed by atoms with Gasteiger partial charge in [0.2, 0.25) is 0 Å². The Hall–Kier alpha value is -0.0800. The largest absolute Gasteiger partial charge is 0.390 e. The number of rotatable bonds is 2. The van der Waals surface area contributed by atoms with Crippen LogP contribution >= 0.6 is 0 Å². The van der Waals surface area contributed by atoms with Gasteiger partial charge in [-0.3, -0.25) is 0 Å². The highest BCUT2D eigenvalue weighted by atomic mass is 16.5. The standard InChI is InChI=1S/C10H18O2/c11-10(8-5-6-8)9-4-2-1-3-7-12-9/h8-11H,1-7H2. The molecule has 0 spiro atoms. The SMILES string of the molecule is OC(C1CC1)C1CCCCCO1. The number of aliphatic hydroxyl groups is 1. The summed E-state index contributed by atoms with van der Waals surface area (Å²) in [7, 11) is 0. The third-order valence-electron chi connectivity index (χ3n) is 2.95. The second-order valence-corrected chi connectivity index (χ2v) is 4.09. The van der Waals surface area contributed by atoms with Crippen LogP contribution in [-0.4, -0.2) is 23.9 Å². The van der Waals surface area contributed by atoms with E-state index < -0.39 is 0 Å². The Morgan fingerprint density at radius 1 is 1.08 bits per heavy atom. The molecule has 70 valence electrons. The second kappa shape index (κ2) is 3.75. The molecule has 0 bridgehead atoms. The van der Waals surface area contributed by atoms with Crippen molar-refractivity contribution in [2.45, 2.75) is 50.7 Å². The van der Waals surface area contributed by atoms with Gasteiger partial charge in [-0.1, -0.05) is 12.8 Å². The number of ether oxygens (including phenoxy) is 1. The highest BCUT2D eigenvalue weighted by molar-refractivity contribution is 4.86. The van der Waals surface area contributed by atoms with Crippen LogP contribution in [0.15, 0.2) is 0 Å². The van der Waals surface area contributed by atoms with Crippen molar-refractivity contribution in [1.29, 1.82) is 0 Å². The van der Waals surface area contributed by atoms with E-state index in [0.717, 1.165) is 13.0 Å². The molecule has 1 saturated heterocycles. The molecule has 2 aliphatic rings. The van der Waals surface area contributed by atoms with Crippen LogP contribution in [0.25, 0.3) is 0 Å². The fourth-order valence-electron chi connectivity index (χ4n) is 1.95. The Bertz CT molecular complexity index is 135. The molecule has 1 heterocycles. The van der Waals surface area contributed by atoms with Gasteiger partial charge in [-0.2, -0.15) is 0 Å². The van der Waals surface area contributed by atoms with Gasteiger partial charge >= 0.3 is 0 Å². The average Bonchev–Trinajstić information content (AvgIpc) is 2.92. The van der Waals surface area contributed by atoms with Gasteiger partial charge in [0.15, 0.2) is 0 Å². The van der Waals surface area contributed by atoms with Crippen molar-refractivity contribution < 1.29 is 9.84 Å². The van der Waals surface area contributed by atoms with Crippen molar-refractivity contribution >= 4 is 0 Å². The third kappa shape index (κ3) is 1.99. The van der Waals surface area contributed by atoms with Crippen LogP contribution < -0.4 is 0 Å². The summed E-state index contributed by atoms with van der Waals surface area (Å²) in [5.74, 6) is 0.563. The van der Waals surface area contributed by atoms with Gasteiger partial charge in [0, 0.05) is 6.61 Å². The van der Waals surface area contributed by atoms with Crippen molar-refractivity contribution in [3.8, 4) is 0 Å². The molecule has 0 aromatic carbocycles. The summed E-state index contributed by atoms with van der Waals surface area (Å²) in [6.45, 7) is 0.856. The third-order valence-corrected chi connectivity index (χ3v) is 2.95. The lowest BCUT2D eigenvalue weighted by Gasteiger charge is -2.20. The molecule has 1 saturated carbocycles. The summed E-state index contributed by atoms with van der Waals surface area (Å²) in [5, 5.41) is 9.81. The molecule has 0 amide bonds. The van der Waals surface area contributed by atoms with Gasteiger partial charge in [-0.25, -0.2) is 0 Å². The molecule has 1 N–H and O–H groups in total. The molecule has 2 heteroatoms. The van der Waals surface area contributed by atoms with Crippen molar-refractivity contribution in [3.05, 3.63) is 0 Å². The van der Waals surface area contributed by atoms with Gasteiger partial charge < -0.3 is 9.84 Å². The molecular weight excluding hydrogens is 152 g/mol. The number of hydrogen-bond donors (Lipinski definition) is 1. The van der Waals surface area contributed by atoms with E-state index in [4.69, 9.17) is 4.74 Å². The molecule has 2 fully saturated rings. The zero-order chi connectivity index (χ0) is 8.39. The smallest absolute Gasteiger partial charge is 0.0836 e. The molecule has 12 heavy (non-hydrogen) atoms. The molecule has 1 aliphatic carbocycles. The molecule has 2 unspecified atom stereocenters. The van der Waals surface area contributed by atoms with Gasteiger partial charge in [-0.05, 0) is 31.6 Å². The number of aliphatic hydroxyl groups excluding tert-OH is 1. The van der Waals surface area contributed by atoms with Crippen LogP contribution in [0.2, 0.25) is 0 Å². The van der Waals surface area contributed by atoms with Gasteiger partial charge in [0.05, 0.1) is 12.2 Å². The highest BCUT2D eigenvalue weighted by Crippen LogP contribution is 2.36. The molecule has 0 aromatic rings. The normalized spacial score (nSPS) is 34.2. The molecule has 2 rings (SSSR count). The van der Waals surface area contributed by atoms with E-state index in [1.807, 2.05) is 0 Å². The minimum absolute atomic E-state index is 0.153. The van der Waals surface area contributed by atoms with E-state index in [1.54, 1.807) is 0 Å². The van der Waals surface area contributed by atoms with Gasteiger partial charge in [0.25, 0.3) is 0 Å². The van der Waals surface area contributed by atoms with Crippen molar-refractivity contribution in [2.75, 3.05) is 6.61 Å². The Morgan fingerprint density at radius 3 is 2.67 bits per heavy atom. The summed E-state index contributed by atoms with van der Waals surface area (Å²) in [5.41, 5.74) is 0. The zero-order valence-electron chi connectivity index (χ0n) is 7.54. The first-order valence-electron chi connectivity index (χ1n) is 5.17. The van der Waals surface area contributed by atoms with E-state index in [2.05, 4.69) is 0 Å². The molecule has 2 atom stereocenters. The minimum Gasteiger partial charge on any atom is -0.390 e. The van der Waals surface area contributed by atoms with Crippen molar-refractivity contribution in [2.24, 2.45) is 5.92 Å². The summed E-state index contributed by atoms with van der Waals surface area (Å²) >= 11 is 0. The monoisotopic (exact) mass is 170 g/mol. The van der Waals surface area contributed by atoms with Crippen LogP contribution in [0.5, 0.6) is 0 Å². The fourth-order valence-corrected chi connectivity index (χ4v) is 1.95. The first-order chi connectivity index (χ1) is 5.88. The molecule has 2 nitrogen and oxygen atoms in total. The van der Waals surface area contributed by atoms with Crippen LogP contribution in [0.4, 0.5) is 0 Å². The van der Waals surface area contributed by atoms with E-state index in [1.165, 1.54) is 32.1 Å². The summed E-state index contributed by atoms with van der Waals surface area (Å²) < 4.78 is 5.62. The topological polar surface area (TPSA) is 29.5 Å². The van der Waals surface area contributed by atoms with Crippen LogP contribution in [0.3, 0.4) is 0 Å². The van der Waals surface area contributed by atoms with Gasteiger partial charge in [-0.15, -0.1) is 0 Å². The summed E-state index contributed by atoms with van der Waals surface area (Å²) in [4.78, 5) is 0. The highest BCUT2D eigenvalue weighted by Gasteiger charge is 2.35. The fraction of sp³-hybridized carbons (Fsp3) is 1.00. The number of hydrogen-bond acceptors (Lipinski definition) is 2. The molecule has 1 aliphatic heterocycles. The van der Waals surface area contributed by atoms with E-state index >= 15 is 0 Å². The Kier molecular flexibility index (Phi) is 2.66. The van der Waals surface area contributed by atoms with E-state index in [-0.39, 0.29) is 12.2 Å². The lowest BCUT2D eigenvalue weighted by molar-refractivity contribution is -0.0435. The predicted molar refractivity (Wildman–Crippen MR) is 46.9 cm³/mol. The van der Waals surface area contributed by atoms with Crippen LogP contribution in [-0.2, 0) is 4.74 Å². The second-order valence-electron chi connectivity index (χ2n) is 4.09. The Morgan fingerprint density at radius 2 is 1.92 bits per heavy atom. The maximum absolute atomic E-state index is 9.81. The lowest BCUT2D eigenvalue weighted by atomic mass is 10.0. The maximum Gasteiger partial charge on any atom is 0.0836 e. The average molecular weight is 170 g/mol. The Balaban J connectivity index is 1.82. The van der Waals surface area contributed by atoms with E-state index in [9.17, 15) is 5.11 Å². The first-order valence-corrected chi connectivity index (χ1v) is 5.17. The zero-order valence-corrected chi connectivity index (χ0v) is 7.54. The molecule has 0 radical (unpaired) electrons. The van der Waals surface area contributed by atoms with Gasteiger partial charge in [0.1, 0.15) is 0 Å². The van der Waals surface area contributed by atoms with Crippen LogP contribution in [0.1, 0.15) is 38.5 Å². The molecular formula is C10H18O2. The lowest BCUT2D eigenvalue weighted by Crippen LogP contribution is -2.30. The summed E-state index contributed by atoms with van der Waals surface area (Å²) in [6.07, 6.45) is 7.15. The predicted octanol–water partition coefficient (Wildman–Crippen LogP) is 1.72. The minimum atomic E-state index is -0.164. The van der Waals surface area contributed by atoms with Crippen molar-refractivity contribution in [1.82, 2.24) is 0 Å². The summed E-state index contributed by atoms with van der Waals surface area (Å²) in [6, 6.07) is 0.